The molecule has 1 fully saturated rings. The number of carbonyl (C=O) groups excluding carboxylic acids is 1. The summed E-state index contributed by atoms with van der Waals surface area (Å²) in [4.78, 5) is 13.3. The molecule has 0 unspecified atom stereocenters. The van der Waals surface area contributed by atoms with Gasteiger partial charge in [-0.3, -0.25) is 9.48 Å². The second kappa shape index (κ2) is 4.25. The second-order valence-electron chi connectivity index (χ2n) is 4.29. The Morgan fingerprint density at radius 3 is 2.94 bits per heavy atom. The Kier molecular flexibility index (Phi) is 2.96. The number of nitrogens with two attached hydrogens (primary N) is 1. The van der Waals surface area contributed by atoms with E-state index in [0.29, 0.717) is 0 Å². The zero-order chi connectivity index (χ0) is 11.7. The largest absolute Gasteiger partial charge is 0.318 e. The highest BCUT2D eigenvalue weighted by molar-refractivity contribution is 6.05. The highest BCUT2D eigenvalue weighted by Crippen LogP contribution is 2.26. The lowest BCUT2D eigenvalue weighted by Crippen LogP contribution is -2.67. The number of rotatable bonds is 4. The minimum Gasteiger partial charge on any atom is -0.318 e. The van der Waals surface area contributed by atoms with E-state index in [1.807, 2.05) is 17.8 Å². The number of unbranched alkanes of at least 4 members (excludes halogenated alkanes) is 1. The van der Waals surface area contributed by atoms with E-state index in [0.717, 1.165) is 25.1 Å². The summed E-state index contributed by atoms with van der Waals surface area (Å²) in [5.41, 5.74) is 6.52. The summed E-state index contributed by atoms with van der Waals surface area (Å²) in [5, 5.41) is 4.23. The molecular weight excluding hydrogens is 204 g/mol. The summed E-state index contributed by atoms with van der Waals surface area (Å²) in [6.07, 6.45) is 5.88. The van der Waals surface area contributed by atoms with E-state index in [4.69, 9.17) is 5.73 Å². The number of hydrogen-bond acceptors (Lipinski definition) is 3. The van der Waals surface area contributed by atoms with E-state index in [-0.39, 0.29) is 18.0 Å². The van der Waals surface area contributed by atoms with Gasteiger partial charge in [-0.15, -0.1) is 0 Å². The van der Waals surface area contributed by atoms with Crippen molar-refractivity contribution < 1.29 is 4.79 Å². The molecule has 5 heteroatoms. The molecule has 1 amide bonds. The quantitative estimate of drug-likeness (QED) is 0.764. The molecule has 2 rings (SSSR count). The van der Waals surface area contributed by atoms with Gasteiger partial charge in [0, 0.05) is 12.7 Å². The van der Waals surface area contributed by atoms with Crippen LogP contribution < -0.4 is 10.6 Å². The topological polar surface area (TPSA) is 64.2 Å². The van der Waals surface area contributed by atoms with Gasteiger partial charge in [0.1, 0.15) is 6.04 Å². The van der Waals surface area contributed by atoms with E-state index in [1.54, 1.807) is 11.1 Å². The van der Waals surface area contributed by atoms with E-state index in [2.05, 4.69) is 12.0 Å². The summed E-state index contributed by atoms with van der Waals surface area (Å²) in [6, 6.07) is -0.268. The van der Waals surface area contributed by atoms with Crippen LogP contribution in [0, 0.1) is 0 Å². The summed E-state index contributed by atoms with van der Waals surface area (Å²) >= 11 is 0. The maximum Gasteiger partial charge on any atom is 0.246 e. The minimum atomic E-state index is -0.348. The van der Waals surface area contributed by atoms with Crippen LogP contribution in [-0.4, -0.2) is 27.8 Å². The van der Waals surface area contributed by atoms with Gasteiger partial charge in [0.05, 0.1) is 17.9 Å². The number of amides is 1. The van der Waals surface area contributed by atoms with Crippen LogP contribution >= 0.6 is 0 Å². The first-order chi connectivity index (χ1) is 7.65. The molecule has 1 aromatic rings. The third-order valence-corrected chi connectivity index (χ3v) is 3.09. The zero-order valence-electron chi connectivity index (χ0n) is 9.76. The summed E-state index contributed by atoms with van der Waals surface area (Å²) < 4.78 is 1.88. The Balaban J connectivity index is 2.05. The monoisotopic (exact) mass is 222 g/mol. The molecule has 0 aliphatic carbocycles. The molecule has 88 valence electrons. The molecule has 2 heterocycles. The highest BCUT2D eigenvalue weighted by atomic mass is 16.2. The molecule has 0 spiro atoms. The van der Waals surface area contributed by atoms with E-state index < -0.39 is 0 Å². The number of aryl methyl sites for hydroxylation is 1. The Labute approximate surface area is 95.2 Å². The number of β-lactam (4-membered cyclic amide) rings is 1. The first-order valence-corrected chi connectivity index (χ1v) is 5.76. The molecule has 1 aromatic heterocycles. The third kappa shape index (κ3) is 1.71. The van der Waals surface area contributed by atoms with Crippen molar-refractivity contribution in [3.63, 3.8) is 0 Å². The van der Waals surface area contributed by atoms with Crippen molar-refractivity contribution in [2.75, 3.05) is 4.90 Å². The predicted octanol–water partition coefficient (Wildman–Crippen LogP) is 0.746. The molecule has 1 aliphatic heterocycles. The summed E-state index contributed by atoms with van der Waals surface area (Å²) in [6.45, 7) is 5.00. The Bertz CT molecular complexity index is 387. The molecule has 0 bridgehead atoms. The number of carbonyl (C=O) groups is 1. The SMILES string of the molecule is CCCCn1cc(N2C(=O)[C@@H](N)[C@@H]2C)cn1. The van der Waals surface area contributed by atoms with Gasteiger partial charge in [-0.1, -0.05) is 13.3 Å². The zero-order valence-corrected chi connectivity index (χ0v) is 9.76. The molecule has 1 aliphatic rings. The Hall–Kier alpha value is -1.36. The van der Waals surface area contributed by atoms with Crippen molar-refractivity contribution >= 4 is 11.6 Å². The number of nitrogens with zero attached hydrogens (tertiary/aromatic N) is 3. The fourth-order valence-corrected chi connectivity index (χ4v) is 1.93. The average Bonchev–Trinajstić information content (AvgIpc) is 2.74. The molecule has 2 atom stereocenters. The van der Waals surface area contributed by atoms with E-state index in [9.17, 15) is 4.79 Å². The van der Waals surface area contributed by atoms with Gasteiger partial charge in [-0.25, -0.2) is 0 Å². The average molecular weight is 222 g/mol. The molecule has 0 saturated carbocycles. The fraction of sp³-hybridized carbons (Fsp3) is 0.636. The van der Waals surface area contributed by atoms with Crippen LogP contribution in [0.3, 0.4) is 0 Å². The van der Waals surface area contributed by atoms with Crippen molar-refractivity contribution in [2.45, 2.75) is 45.3 Å². The van der Waals surface area contributed by atoms with Crippen molar-refractivity contribution in [2.24, 2.45) is 5.73 Å². The van der Waals surface area contributed by atoms with Gasteiger partial charge in [0.15, 0.2) is 0 Å². The predicted molar refractivity (Wildman–Crippen MR) is 62.1 cm³/mol. The number of anilines is 1. The van der Waals surface area contributed by atoms with Gasteiger partial charge in [0.2, 0.25) is 5.91 Å². The van der Waals surface area contributed by atoms with Crippen LogP contribution in [0.4, 0.5) is 5.69 Å². The molecule has 2 N–H and O–H groups in total. The van der Waals surface area contributed by atoms with Crippen molar-refractivity contribution in [1.29, 1.82) is 0 Å². The Morgan fingerprint density at radius 1 is 1.56 bits per heavy atom. The van der Waals surface area contributed by atoms with Crippen LogP contribution in [0.15, 0.2) is 12.4 Å². The fourth-order valence-electron chi connectivity index (χ4n) is 1.93. The summed E-state index contributed by atoms with van der Waals surface area (Å²) in [7, 11) is 0. The first kappa shape index (κ1) is 11.1. The van der Waals surface area contributed by atoms with E-state index in [1.165, 1.54) is 0 Å². The van der Waals surface area contributed by atoms with Gasteiger partial charge < -0.3 is 10.6 Å². The lowest BCUT2D eigenvalue weighted by Gasteiger charge is -2.42. The molecule has 0 aromatic carbocycles. The lowest BCUT2D eigenvalue weighted by molar-refractivity contribution is -0.125. The Morgan fingerprint density at radius 2 is 2.31 bits per heavy atom. The van der Waals surface area contributed by atoms with Gasteiger partial charge in [0.25, 0.3) is 0 Å². The molecular formula is C11H18N4O. The maximum atomic E-state index is 11.6. The van der Waals surface area contributed by atoms with Crippen molar-refractivity contribution in [3.05, 3.63) is 12.4 Å². The van der Waals surface area contributed by atoms with Crippen LogP contribution in [0.5, 0.6) is 0 Å². The normalized spacial score (nSPS) is 24.7. The van der Waals surface area contributed by atoms with Gasteiger partial charge in [-0.05, 0) is 13.3 Å². The highest BCUT2D eigenvalue weighted by Gasteiger charge is 2.43. The lowest BCUT2D eigenvalue weighted by atomic mass is 9.97. The third-order valence-electron chi connectivity index (χ3n) is 3.09. The second-order valence-corrected chi connectivity index (χ2v) is 4.29. The molecule has 1 saturated heterocycles. The van der Waals surface area contributed by atoms with Crippen LogP contribution in [0.2, 0.25) is 0 Å². The van der Waals surface area contributed by atoms with Crippen LogP contribution in [-0.2, 0) is 11.3 Å². The van der Waals surface area contributed by atoms with Gasteiger partial charge >= 0.3 is 0 Å². The first-order valence-electron chi connectivity index (χ1n) is 5.76. The van der Waals surface area contributed by atoms with Crippen molar-refractivity contribution in [1.82, 2.24) is 9.78 Å². The number of hydrogen-bond donors (Lipinski definition) is 1. The van der Waals surface area contributed by atoms with Crippen LogP contribution in [0.1, 0.15) is 26.7 Å². The standard InChI is InChI=1S/C11H18N4O/c1-3-4-5-14-7-9(6-13-14)15-8(2)10(12)11(15)16/h6-8,10H,3-5,12H2,1-2H3/t8-,10-/m0/s1. The molecule has 16 heavy (non-hydrogen) atoms. The molecule has 0 radical (unpaired) electrons. The summed E-state index contributed by atoms with van der Waals surface area (Å²) in [5.74, 6) is -0.0115. The van der Waals surface area contributed by atoms with Crippen LogP contribution in [0.25, 0.3) is 0 Å². The maximum absolute atomic E-state index is 11.6. The van der Waals surface area contributed by atoms with E-state index >= 15 is 0 Å². The molecule has 5 nitrogen and oxygen atoms in total. The minimum absolute atomic E-state index is 0.0115. The van der Waals surface area contributed by atoms with Crippen molar-refractivity contribution in [3.8, 4) is 0 Å². The van der Waals surface area contributed by atoms with Gasteiger partial charge in [-0.2, -0.15) is 5.10 Å². The number of aromatic nitrogens is 2. The smallest absolute Gasteiger partial charge is 0.246 e.